The van der Waals surface area contributed by atoms with Gasteiger partial charge in [0, 0.05) is 38.4 Å². The van der Waals surface area contributed by atoms with E-state index in [4.69, 9.17) is 0 Å². The predicted octanol–water partition coefficient (Wildman–Crippen LogP) is 1.45. The number of β-amino-alcohol motifs (C(OH)–C–C–N with tert-alkyl or cyclic N) is 1. The number of aryl methyl sites for hydroxylation is 2. The van der Waals surface area contributed by atoms with Gasteiger partial charge in [0.1, 0.15) is 11.4 Å². The number of hydrogen-bond acceptors (Lipinski definition) is 5. The molecule has 0 radical (unpaired) electrons. The van der Waals surface area contributed by atoms with Crippen molar-refractivity contribution in [2.45, 2.75) is 38.7 Å². The summed E-state index contributed by atoms with van der Waals surface area (Å²) in [5.74, 6) is 0.901. The molecule has 0 aromatic carbocycles. The molecule has 1 aliphatic heterocycles. The van der Waals surface area contributed by atoms with Gasteiger partial charge < -0.3 is 14.9 Å². The maximum absolute atomic E-state index is 12.5. The summed E-state index contributed by atoms with van der Waals surface area (Å²) in [6, 6.07) is 5.76. The molecule has 140 valence electrons. The molecule has 0 bridgehead atoms. The lowest BCUT2D eigenvalue weighted by molar-refractivity contribution is -0.132. The molecule has 1 saturated heterocycles. The van der Waals surface area contributed by atoms with Crippen molar-refractivity contribution in [2.75, 3.05) is 31.6 Å². The van der Waals surface area contributed by atoms with Crippen LogP contribution in [0.25, 0.3) is 0 Å². The number of pyridine rings is 1. The van der Waals surface area contributed by atoms with Crippen molar-refractivity contribution in [1.82, 2.24) is 20.1 Å². The smallest absolute Gasteiger partial charge is 0.222 e. The highest BCUT2D eigenvalue weighted by atomic mass is 16.3. The molecular weight excluding hydrogens is 330 g/mol. The van der Waals surface area contributed by atoms with Crippen LogP contribution in [-0.2, 0) is 11.2 Å². The summed E-state index contributed by atoms with van der Waals surface area (Å²) in [5, 5.41) is 18.0. The number of nitrogens with one attached hydrogen (secondary N) is 1. The second kappa shape index (κ2) is 7.45. The molecule has 0 spiro atoms. The number of nitrogens with zero attached hydrogens (tertiary/aromatic N) is 4. The van der Waals surface area contributed by atoms with Crippen LogP contribution >= 0.6 is 0 Å². The molecule has 1 atom stereocenters. The Morgan fingerprint density at radius 2 is 2.23 bits per heavy atom. The number of rotatable bonds is 6. The number of hydrogen-bond donors (Lipinski definition) is 2. The van der Waals surface area contributed by atoms with Crippen LogP contribution in [0.3, 0.4) is 0 Å². The van der Waals surface area contributed by atoms with Crippen molar-refractivity contribution in [1.29, 1.82) is 0 Å². The molecule has 7 nitrogen and oxygen atoms in total. The first-order valence-electron chi connectivity index (χ1n) is 9.01. The van der Waals surface area contributed by atoms with Crippen molar-refractivity contribution < 1.29 is 9.90 Å². The number of aliphatic hydroxyl groups is 1. The first-order chi connectivity index (χ1) is 12.4. The van der Waals surface area contributed by atoms with Crippen LogP contribution in [0.15, 0.2) is 24.4 Å². The monoisotopic (exact) mass is 357 g/mol. The average Bonchev–Trinajstić information content (AvgIpc) is 3.16. The fourth-order valence-electron chi connectivity index (χ4n) is 3.62. The van der Waals surface area contributed by atoms with E-state index in [-0.39, 0.29) is 5.91 Å². The summed E-state index contributed by atoms with van der Waals surface area (Å²) < 4.78 is 0. The van der Waals surface area contributed by atoms with Gasteiger partial charge in [-0.1, -0.05) is 6.07 Å². The van der Waals surface area contributed by atoms with Crippen LogP contribution in [-0.4, -0.2) is 63.4 Å². The zero-order valence-corrected chi connectivity index (χ0v) is 15.7. The molecule has 0 saturated carbocycles. The molecule has 0 unspecified atom stereocenters. The summed E-state index contributed by atoms with van der Waals surface area (Å²) in [6.07, 6.45) is 3.46. The molecule has 2 aromatic heterocycles. The Labute approximate surface area is 154 Å². The van der Waals surface area contributed by atoms with E-state index in [1.165, 1.54) is 0 Å². The molecule has 2 N–H and O–H groups in total. The van der Waals surface area contributed by atoms with Crippen LogP contribution in [0.2, 0.25) is 0 Å². The Morgan fingerprint density at radius 3 is 2.88 bits per heavy atom. The number of carbonyl (C=O) groups is 1. The Bertz CT molecular complexity index is 741. The third-order valence-corrected chi connectivity index (χ3v) is 5.13. The van der Waals surface area contributed by atoms with Gasteiger partial charge in [-0.15, -0.1) is 0 Å². The highest BCUT2D eigenvalue weighted by molar-refractivity contribution is 5.76. The van der Waals surface area contributed by atoms with Gasteiger partial charge in [-0.05, 0) is 44.4 Å². The van der Waals surface area contributed by atoms with Crippen LogP contribution in [0, 0.1) is 13.8 Å². The number of aromatic nitrogens is 3. The summed E-state index contributed by atoms with van der Waals surface area (Å²) in [6.45, 7) is 5.47. The molecule has 26 heavy (non-hydrogen) atoms. The lowest BCUT2D eigenvalue weighted by Crippen LogP contribution is -2.46. The van der Waals surface area contributed by atoms with E-state index in [0.717, 1.165) is 29.3 Å². The molecule has 2 aromatic rings. The number of aromatic amines is 1. The predicted molar refractivity (Wildman–Crippen MR) is 100 cm³/mol. The highest BCUT2D eigenvalue weighted by Gasteiger charge is 2.38. The van der Waals surface area contributed by atoms with Crippen molar-refractivity contribution in [3.8, 4) is 0 Å². The van der Waals surface area contributed by atoms with Gasteiger partial charge in [0.2, 0.25) is 5.91 Å². The van der Waals surface area contributed by atoms with Gasteiger partial charge in [-0.3, -0.25) is 9.89 Å². The SMILES string of the molecule is Cc1n[nH]c(C)c1CCC(=O)N(C)C[C@@]1(O)CCN(c2ccccn2)C1. The van der Waals surface area contributed by atoms with E-state index >= 15 is 0 Å². The third-order valence-electron chi connectivity index (χ3n) is 5.13. The maximum atomic E-state index is 12.5. The maximum Gasteiger partial charge on any atom is 0.222 e. The van der Waals surface area contributed by atoms with E-state index in [2.05, 4.69) is 20.1 Å². The van der Waals surface area contributed by atoms with Gasteiger partial charge in [-0.2, -0.15) is 5.10 Å². The van der Waals surface area contributed by atoms with E-state index in [1.807, 2.05) is 32.0 Å². The van der Waals surface area contributed by atoms with Crippen molar-refractivity contribution in [3.63, 3.8) is 0 Å². The minimum Gasteiger partial charge on any atom is -0.386 e. The number of likely N-dealkylation sites (N-methyl/N-ethyl adjacent to an activating group) is 1. The van der Waals surface area contributed by atoms with Crippen LogP contribution in [0.4, 0.5) is 5.82 Å². The van der Waals surface area contributed by atoms with Gasteiger partial charge in [-0.25, -0.2) is 4.98 Å². The fraction of sp³-hybridized carbons (Fsp3) is 0.526. The largest absolute Gasteiger partial charge is 0.386 e. The highest BCUT2D eigenvalue weighted by Crippen LogP contribution is 2.26. The molecular formula is C19H27N5O2. The second-order valence-corrected chi connectivity index (χ2v) is 7.25. The minimum atomic E-state index is -0.899. The zero-order valence-electron chi connectivity index (χ0n) is 15.7. The lowest BCUT2D eigenvalue weighted by Gasteiger charge is -2.29. The fourth-order valence-corrected chi connectivity index (χ4v) is 3.62. The molecule has 0 aliphatic carbocycles. The Kier molecular flexibility index (Phi) is 5.27. The van der Waals surface area contributed by atoms with Crippen LogP contribution in [0.1, 0.15) is 29.8 Å². The third kappa shape index (κ3) is 4.04. The molecule has 7 heteroatoms. The number of amides is 1. The minimum absolute atomic E-state index is 0.0368. The molecule has 3 heterocycles. The molecule has 1 aliphatic rings. The normalized spacial score (nSPS) is 19.8. The molecule has 1 amide bonds. The standard InChI is InChI=1S/C19H27N5O2/c1-14-16(15(2)22-21-14)7-8-18(25)23(3)12-19(26)9-11-24(13-19)17-6-4-5-10-20-17/h4-6,10,26H,7-9,11-13H2,1-3H3,(H,21,22)/t19-/m0/s1. The van der Waals surface area contributed by atoms with E-state index in [1.54, 1.807) is 18.1 Å². The van der Waals surface area contributed by atoms with Gasteiger partial charge in [0.05, 0.1) is 12.2 Å². The topological polar surface area (TPSA) is 85.3 Å². The summed E-state index contributed by atoms with van der Waals surface area (Å²) >= 11 is 0. The van der Waals surface area contributed by atoms with Gasteiger partial charge >= 0.3 is 0 Å². The Hall–Kier alpha value is -2.41. The lowest BCUT2D eigenvalue weighted by atomic mass is 10.0. The molecule has 1 fully saturated rings. The van der Waals surface area contributed by atoms with E-state index in [0.29, 0.717) is 32.4 Å². The average molecular weight is 357 g/mol. The van der Waals surface area contributed by atoms with Crippen LogP contribution in [0.5, 0.6) is 0 Å². The van der Waals surface area contributed by atoms with E-state index < -0.39 is 5.60 Å². The first-order valence-corrected chi connectivity index (χ1v) is 9.01. The summed E-state index contributed by atoms with van der Waals surface area (Å²) in [5.41, 5.74) is 2.16. The quantitative estimate of drug-likeness (QED) is 0.817. The van der Waals surface area contributed by atoms with Gasteiger partial charge in [0.25, 0.3) is 0 Å². The number of carbonyl (C=O) groups excluding carboxylic acids is 1. The zero-order chi connectivity index (χ0) is 18.7. The second-order valence-electron chi connectivity index (χ2n) is 7.25. The Balaban J connectivity index is 1.54. The first kappa shape index (κ1) is 18.4. The van der Waals surface area contributed by atoms with E-state index in [9.17, 15) is 9.90 Å². The Morgan fingerprint density at radius 1 is 1.42 bits per heavy atom. The molecule has 3 rings (SSSR count). The van der Waals surface area contributed by atoms with Crippen LogP contribution < -0.4 is 4.90 Å². The summed E-state index contributed by atoms with van der Waals surface area (Å²) in [7, 11) is 1.76. The number of anilines is 1. The van der Waals surface area contributed by atoms with Crippen molar-refractivity contribution in [2.24, 2.45) is 0 Å². The summed E-state index contributed by atoms with van der Waals surface area (Å²) in [4.78, 5) is 20.6. The van der Waals surface area contributed by atoms with Crippen molar-refractivity contribution in [3.05, 3.63) is 41.3 Å². The van der Waals surface area contributed by atoms with Gasteiger partial charge in [0.15, 0.2) is 0 Å². The van der Waals surface area contributed by atoms with Crippen molar-refractivity contribution >= 4 is 11.7 Å². The number of H-pyrrole nitrogens is 1.